The molecule has 0 aliphatic rings. The highest BCUT2D eigenvalue weighted by atomic mass is 32.2. The van der Waals surface area contributed by atoms with Crippen LogP contribution in [0.15, 0.2) is 83.8 Å². The molecule has 1 N–H and O–H groups in total. The number of nitrogens with one attached hydrogen (secondary N) is 1. The molecule has 8 heteroatoms. The molecule has 0 radical (unpaired) electrons. The molecule has 0 aliphatic carbocycles. The molecule has 0 bridgehead atoms. The molecule has 7 nitrogen and oxygen atoms in total. The van der Waals surface area contributed by atoms with Gasteiger partial charge in [-0.05, 0) is 68.0 Å². The molecule has 0 saturated heterocycles. The Kier molecular flexibility index (Phi) is 10.7. The van der Waals surface area contributed by atoms with Crippen molar-refractivity contribution in [2.75, 3.05) is 23.9 Å². The lowest BCUT2D eigenvalue weighted by atomic mass is 10.1. The molecule has 0 aliphatic heterocycles. The normalized spacial score (nSPS) is 12.0. The van der Waals surface area contributed by atoms with E-state index in [2.05, 4.69) is 5.32 Å². The number of anilines is 1. The summed E-state index contributed by atoms with van der Waals surface area (Å²) in [5.41, 5.74) is 3.16. The first-order valence-corrected chi connectivity index (χ1v) is 14.9. The van der Waals surface area contributed by atoms with E-state index in [1.54, 1.807) is 30.3 Å². The number of rotatable bonds is 13. The van der Waals surface area contributed by atoms with Crippen molar-refractivity contribution in [3.63, 3.8) is 0 Å². The Morgan fingerprint density at radius 2 is 1.51 bits per heavy atom. The lowest BCUT2D eigenvalue weighted by Crippen LogP contribution is -2.53. The van der Waals surface area contributed by atoms with Gasteiger partial charge in [0.15, 0.2) is 0 Å². The second-order valence-electron chi connectivity index (χ2n) is 9.58. The van der Waals surface area contributed by atoms with Crippen LogP contribution in [0.1, 0.15) is 43.4 Å². The van der Waals surface area contributed by atoms with Gasteiger partial charge in [0, 0.05) is 13.1 Å². The highest BCUT2D eigenvalue weighted by Crippen LogP contribution is 2.29. The number of aryl methyl sites for hydroxylation is 1. The Labute approximate surface area is 232 Å². The van der Waals surface area contributed by atoms with Gasteiger partial charge in [-0.15, -0.1) is 0 Å². The molecule has 3 aromatic carbocycles. The molecule has 0 aromatic heterocycles. The van der Waals surface area contributed by atoms with Gasteiger partial charge in [-0.1, -0.05) is 74.5 Å². The van der Waals surface area contributed by atoms with E-state index in [9.17, 15) is 18.0 Å². The molecule has 0 saturated carbocycles. The van der Waals surface area contributed by atoms with Gasteiger partial charge in [0.05, 0.1) is 10.6 Å². The topological polar surface area (TPSA) is 86.8 Å². The van der Waals surface area contributed by atoms with Crippen LogP contribution in [0.5, 0.6) is 0 Å². The van der Waals surface area contributed by atoms with Crippen molar-refractivity contribution in [1.29, 1.82) is 0 Å². The smallest absolute Gasteiger partial charge is 0.264 e. The molecule has 39 heavy (non-hydrogen) atoms. The zero-order chi connectivity index (χ0) is 28.4. The van der Waals surface area contributed by atoms with Crippen LogP contribution in [-0.4, -0.2) is 50.8 Å². The van der Waals surface area contributed by atoms with Crippen molar-refractivity contribution in [1.82, 2.24) is 10.2 Å². The maximum absolute atomic E-state index is 14.0. The molecule has 208 valence electrons. The van der Waals surface area contributed by atoms with E-state index in [1.807, 2.05) is 64.1 Å². The number of hydrogen-bond donors (Lipinski definition) is 1. The van der Waals surface area contributed by atoms with Gasteiger partial charge in [-0.3, -0.25) is 13.9 Å². The molecule has 3 aromatic rings. The summed E-state index contributed by atoms with van der Waals surface area (Å²) in [6.07, 6.45) is 1.72. The monoisotopic (exact) mass is 549 g/mol. The number of sulfonamides is 1. The molecular weight excluding hydrogens is 510 g/mol. The summed E-state index contributed by atoms with van der Waals surface area (Å²) in [5.74, 6) is -0.658. The third-order valence-electron chi connectivity index (χ3n) is 6.87. The molecule has 3 rings (SSSR count). The molecular formula is C31H39N3O4S. The number of carbonyl (C=O) groups excluding carboxylic acids is 2. The maximum Gasteiger partial charge on any atom is 0.264 e. The molecule has 2 amide bonds. The van der Waals surface area contributed by atoms with E-state index in [-0.39, 0.29) is 17.3 Å². The molecule has 0 heterocycles. The highest BCUT2D eigenvalue weighted by molar-refractivity contribution is 7.92. The summed E-state index contributed by atoms with van der Waals surface area (Å²) in [6, 6.07) is 22.6. The van der Waals surface area contributed by atoms with Crippen LogP contribution in [-0.2, 0) is 26.0 Å². The summed E-state index contributed by atoms with van der Waals surface area (Å²) in [7, 11) is -4.07. The molecule has 1 unspecified atom stereocenters. The Hall–Kier alpha value is -3.65. The first-order valence-electron chi connectivity index (χ1n) is 13.5. The van der Waals surface area contributed by atoms with E-state index in [1.165, 1.54) is 21.3 Å². The van der Waals surface area contributed by atoms with Crippen LogP contribution in [0.25, 0.3) is 0 Å². The number of nitrogens with zero attached hydrogens (tertiary/aromatic N) is 2. The van der Waals surface area contributed by atoms with Crippen LogP contribution in [0.4, 0.5) is 5.69 Å². The second-order valence-corrected chi connectivity index (χ2v) is 11.4. The third kappa shape index (κ3) is 7.47. The average molecular weight is 550 g/mol. The predicted molar refractivity (Wildman–Crippen MR) is 156 cm³/mol. The van der Waals surface area contributed by atoms with Crippen LogP contribution >= 0.6 is 0 Å². The SMILES string of the molecule is CCCNC(=O)C(CC)N(CCc1ccccc1)C(=O)CN(c1cccc(C)c1C)S(=O)(=O)c1ccccc1. The number of amides is 2. The van der Waals surface area contributed by atoms with Crippen molar-refractivity contribution in [2.24, 2.45) is 0 Å². The van der Waals surface area contributed by atoms with Crippen molar-refractivity contribution in [2.45, 2.75) is 57.9 Å². The van der Waals surface area contributed by atoms with Gasteiger partial charge in [-0.2, -0.15) is 0 Å². The second kappa shape index (κ2) is 13.9. The van der Waals surface area contributed by atoms with Crippen molar-refractivity contribution >= 4 is 27.5 Å². The van der Waals surface area contributed by atoms with Gasteiger partial charge in [0.1, 0.15) is 12.6 Å². The van der Waals surface area contributed by atoms with Crippen molar-refractivity contribution in [3.05, 3.63) is 95.6 Å². The lowest BCUT2D eigenvalue weighted by Gasteiger charge is -2.33. The predicted octanol–water partition coefficient (Wildman–Crippen LogP) is 4.87. The number of hydrogen-bond acceptors (Lipinski definition) is 4. The fourth-order valence-electron chi connectivity index (χ4n) is 4.50. The molecule has 0 spiro atoms. The Morgan fingerprint density at radius 3 is 2.13 bits per heavy atom. The van der Waals surface area contributed by atoms with Gasteiger partial charge < -0.3 is 10.2 Å². The fraction of sp³-hybridized carbons (Fsp3) is 0.355. The van der Waals surface area contributed by atoms with E-state index in [0.29, 0.717) is 25.1 Å². The van der Waals surface area contributed by atoms with E-state index in [4.69, 9.17) is 0 Å². The molecule has 0 fully saturated rings. The van der Waals surface area contributed by atoms with Crippen molar-refractivity contribution in [3.8, 4) is 0 Å². The van der Waals surface area contributed by atoms with Crippen LogP contribution in [0.3, 0.4) is 0 Å². The minimum absolute atomic E-state index is 0.0993. The van der Waals surface area contributed by atoms with Crippen LogP contribution in [0.2, 0.25) is 0 Å². The Balaban J connectivity index is 2.03. The Bertz CT molecular complexity index is 1340. The van der Waals surface area contributed by atoms with Crippen molar-refractivity contribution < 1.29 is 18.0 Å². The summed E-state index contributed by atoms with van der Waals surface area (Å²) in [4.78, 5) is 28.8. The van der Waals surface area contributed by atoms with Crippen LogP contribution in [0, 0.1) is 13.8 Å². The van der Waals surface area contributed by atoms with E-state index in [0.717, 1.165) is 23.1 Å². The zero-order valence-electron chi connectivity index (χ0n) is 23.3. The number of carbonyl (C=O) groups is 2. The lowest BCUT2D eigenvalue weighted by molar-refractivity contribution is -0.139. The first-order chi connectivity index (χ1) is 18.7. The maximum atomic E-state index is 14.0. The van der Waals surface area contributed by atoms with Crippen LogP contribution < -0.4 is 9.62 Å². The third-order valence-corrected chi connectivity index (χ3v) is 8.65. The van der Waals surface area contributed by atoms with E-state index < -0.39 is 28.5 Å². The summed E-state index contributed by atoms with van der Waals surface area (Å²) in [5, 5.41) is 2.91. The summed E-state index contributed by atoms with van der Waals surface area (Å²) in [6.45, 7) is 7.96. The minimum Gasteiger partial charge on any atom is -0.354 e. The minimum atomic E-state index is -4.07. The first kappa shape index (κ1) is 29.9. The van der Waals surface area contributed by atoms with E-state index >= 15 is 0 Å². The molecule has 1 atom stereocenters. The quantitative estimate of drug-likeness (QED) is 0.329. The number of benzene rings is 3. The average Bonchev–Trinajstić information content (AvgIpc) is 2.95. The standard InChI is InChI=1S/C31H39N3O4S/c1-5-21-32-31(36)28(6-2)33(22-20-26-15-9-7-10-16-26)30(35)23-34(29-19-13-14-24(3)25(29)4)39(37,38)27-17-11-8-12-18-27/h7-19,28H,5-6,20-23H2,1-4H3,(H,32,36). The zero-order valence-corrected chi connectivity index (χ0v) is 24.1. The Morgan fingerprint density at radius 1 is 0.872 bits per heavy atom. The fourth-order valence-corrected chi connectivity index (χ4v) is 5.99. The van der Waals surface area contributed by atoms with Gasteiger partial charge in [0.2, 0.25) is 11.8 Å². The van der Waals surface area contributed by atoms with Gasteiger partial charge >= 0.3 is 0 Å². The highest BCUT2D eigenvalue weighted by Gasteiger charge is 2.33. The largest absolute Gasteiger partial charge is 0.354 e. The summed E-state index contributed by atoms with van der Waals surface area (Å²) < 4.78 is 29.0. The summed E-state index contributed by atoms with van der Waals surface area (Å²) >= 11 is 0. The van der Waals surface area contributed by atoms with Gasteiger partial charge in [0.25, 0.3) is 10.0 Å². The van der Waals surface area contributed by atoms with Gasteiger partial charge in [-0.25, -0.2) is 8.42 Å².